The quantitative estimate of drug-likeness (QED) is 0.588. The molecule has 23 heavy (non-hydrogen) atoms. The molecule has 0 aliphatic carbocycles. The molecule has 0 unspecified atom stereocenters. The average Bonchev–Trinajstić information content (AvgIpc) is 2.87. The SMILES string of the molecule is Cc1c[nH]c(C)c1-c1ccnc([N]c2cccc([N+](=O)[O-])c2)n1. The summed E-state index contributed by atoms with van der Waals surface area (Å²) < 4.78 is 0. The number of nitrogens with zero attached hydrogens (tertiary/aromatic N) is 4. The molecule has 0 aliphatic rings. The van der Waals surface area contributed by atoms with E-state index in [9.17, 15) is 10.1 Å². The summed E-state index contributed by atoms with van der Waals surface area (Å²) >= 11 is 0. The minimum Gasteiger partial charge on any atom is -0.364 e. The minimum absolute atomic E-state index is 0.0141. The Morgan fingerprint density at radius 2 is 2.09 bits per heavy atom. The number of aromatic amines is 1. The summed E-state index contributed by atoms with van der Waals surface area (Å²) in [5, 5.41) is 15.1. The van der Waals surface area contributed by atoms with Crippen LogP contribution < -0.4 is 5.32 Å². The van der Waals surface area contributed by atoms with Crippen molar-refractivity contribution in [3.8, 4) is 11.3 Å². The van der Waals surface area contributed by atoms with E-state index < -0.39 is 4.92 Å². The van der Waals surface area contributed by atoms with Gasteiger partial charge >= 0.3 is 0 Å². The molecule has 0 spiro atoms. The highest BCUT2D eigenvalue weighted by molar-refractivity contribution is 5.67. The number of benzene rings is 1. The van der Waals surface area contributed by atoms with Gasteiger partial charge < -0.3 is 4.98 Å². The number of nitrogens with one attached hydrogen (secondary N) is 1. The van der Waals surface area contributed by atoms with Crippen molar-refractivity contribution in [2.45, 2.75) is 13.8 Å². The second kappa shape index (κ2) is 5.88. The molecule has 1 radical (unpaired) electrons. The number of hydrogen-bond acceptors (Lipinski definition) is 4. The molecule has 0 amide bonds. The maximum Gasteiger partial charge on any atom is 0.271 e. The normalized spacial score (nSPS) is 10.5. The van der Waals surface area contributed by atoms with Gasteiger partial charge in [-0.3, -0.25) is 10.1 Å². The smallest absolute Gasteiger partial charge is 0.271 e. The van der Waals surface area contributed by atoms with E-state index in [4.69, 9.17) is 0 Å². The van der Waals surface area contributed by atoms with Crippen LogP contribution in [0, 0.1) is 24.0 Å². The highest BCUT2D eigenvalue weighted by atomic mass is 16.6. The van der Waals surface area contributed by atoms with Gasteiger partial charge in [-0.05, 0) is 31.5 Å². The van der Waals surface area contributed by atoms with E-state index in [0.717, 1.165) is 22.5 Å². The van der Waals surface area contributed by atoms with Crippen molar-refractivity contribution in [3.05, 3.63) is 64.1 Å². The molecule has 2 aromatic heterocycles. The van der Waals surface area contributed by atoms with Crippen LogP contribution in [0.25, 0.3) is 11.3 Å². The lowest BCUT2D eigenvalue weighted by molar-refractivity contribution is -0.384. The molecule has 0 aliphatic heterocycles. The van der Waals surface area contributed by atoms with Crippen molar-refractivity contribution in [3.63, 3.8) is 0 Å². The van der Waals surface area contributed by atoms with Crippen molar-refractivity contribution < 1.29 is 4.92 Å². The van der Waals surface area contributed by atoms with Gasteiger partial charge in [0.05, 0.1) is 16.3 Å². The summed E-state index contributed by atoms with van der Waals surface area (Å²) in [6.45, 7) is 3.97. The number of rotatable bonds is 4. The molecule has 7 heteroatoms. The van der Waals surface area contributed by atoms with E-state index in [0.29, 0.717) is 5.69 Å². The fourth-order valence-corrected chi connectivity index (χ4v) is 2.38. The van der Waals surface area contributed by atoms with E-state index >= 15 is 0 Å². The van der Waals surface area contributed by atoms with Crippen molar-refractivity contribution in [2.24, 2.45) is 0 Å². The van der Waals surface area contributed by atoms with Crippen molar-refractivity contribution in [1.29, 1.82) is 0 Å². The predicted molar refractivity (Wildman–Crippen MR) is 85.8 cm³/mol. The molecule has 115 valence electrons. The zero-order valence-corrected chi connectivity index (χ0v) is 12.6. The number of aromatic nitrogens is 3. The summed E-state index contributed by atoms with van der Waals surface area (Å²) in [4.78, 5) is 22.1. The van der Waals surface area contributed by atoms with Gasteiger partial charge in [-0.25, -0.2) is 15.3 Å². The van der Waals surface area contributed by atoms with Crippen LogP contribution in [0.3, 0.4) is 0 Å². The second-order valence-corrected chi connectivity index (χ2v) is 5.10. The minimum atomic E-state index is -0.456. The molecule has 0 bridgehead atoms. The van der Waals surface area contributed by atoms with E-state index in [1.54, 1.807) is 18.3 Å². The first kappa shape index (κ1) is 14.7. The van der Waals surface area contributed by atoms with Crippen LogP contribution in [-0.2, 0) is 0 Å². The zero-order chi connectivity index (χ0) is 16.4. The Kier molecular flexibility index (Phi) is 3.76. The van der Waals surface area contributed by atoms with Gasteiger partial charge in [-0.1, -0.05) is 6.07 Å². The summed E-state index contributed by atoms with van der Waals surface area (Å²) in [6.07, 6.45) is 3.55. The second-order valence-electron chi connectivity index (χ2n) is 5.10. The lowest BCUT2D eigenvalue weighted by Crippen LogP contribution is -1.98. The molecular weight excluding hydrogens is 294 g/mol. The molecule has 0 saturated heterocycles. The Morgan fingerprint density at radius 1 is 1.26 bits per heavy atom. The van der Waals surface area contributed by atoms with Crippen LogP contribution in [0.5, 0.6) is 0 Å². The highest BCUT2D eigenvalue weighted by Gasteiger charge is 2.12. The fourth-order valence-electron chi connectivity index (χ4n) is 2.38. The van der Waals surface area contributed by atoms with Gasteiger partial charge in [0.1, 0.15) is 0 Å². The third kappa shape index (κ3) is 3.03. The average molecular weight is 308 g/mol. The van der Waals surface area contributed by atoms with Gasteiger partial charge in [-0.15, -0.1) is 0 Å². The lowest BCUT2D eigenvalue weighted by Gasteiger charge is -2.05. The first-order valence-corrected chi connectivity index (χ1v) is 6.99. The molecule has 0 saturated carbocycles. The molecule has 1 N–H and O–H groups in total. The van der Waals surface area contributed by atoms with Crippen LogP contribution in [0.1, 0.15) is 11.3 Å². The van der Waals surface area contributed by atoms with Gasteiger partial charge in [0.2, 0.25) is 5.95 Å². The summed E-state index contributed by atoms with van der Waals surface area (Å²) in [7, 11) is 0. The molecule has 0 fully saturated rings. The lowest BCUT2D eigenvalue weighted by atomic mass is 10.1. The zero-order valence-electron chi connectivity index (χ0n) is 12.6. The number of non-ortho nitro benzene ring substituents is 1. The van der Waals surface area contributed by atoms with Crippen molar-refractivity contribution in [1.82, 2.24) is 20.3 Å². The topological polar surface area (TPSA) is 98.8 Å². The van der Waals surface area contributed by atoms with Crippen LogP contribution in [0.15, 0.2) is 42.7 Å². The molecule has 3 rings (SSSR count). The number of nitro groups is 1. The van der Waals surface area contributed by atoms with Crippen LogP contribution in [-0.4, -0.2) is 19.9 Å². The summed E-state index contributed by atoms with van der Waals surface area (Å²) in [5.74, 6) is 0.267. The molecule has 2 heterocycles. The first-order chi connectivity index (χ1) is 11.0. The monoisotopic (exact) mass is 308 g/mol. The fraction of sp³-hybridized carbons (Fsp3) is 0.125. The number of hydrogen-bond donors (Lipinski definition) is 1. The summed E-state index contributed by atoms with van der Waals surface area (Å²) in [5.41, 5.74) is 4.31. The van der Waals surface area contributed by atoms with E-state index in [1.807, 2.05) is 26.1 Å². The van der Waals surface area contributed by atoms with Crippen LogP contribution >= 0.6 is 0 Å². The third-order valence-corrected chi connectivity index (χ3v) is 3.44. The first-order valence-electron chi connectivity index (χ1n) is 6.99. The van der Waals surface area contributed by atoms with Gasteiger partial charge in [0, 0.05) is 35.8 Å². The van der Waals surface area contributed by atoms with Gasteiger partial charge in [0.25, 0.3) is 5.69 Å². The van der Waals surface area contributed by atoms with E-state index in [2.05, 4.69) is 20.3 Å². The van der Waals surface area contributed by atoms with Crippen molar-refractivity contribution in [2.75, 3.05) is 0 Å². The number of H-pyrrole nitrogens is 1. The Hall–Kier alpha value is -3.22. The molecular formula is C16H14N5O2. The molecule has 7 nitrogen and oxygen atoms in total. The van der Waals surface area contributed by atoms with E-state index in [-0.39, 0.29) is 11.6 Å². The molecule has 3 aromatic rings. The Bertz CT molecular complexity index is 853. The highest BCUT2D eigenvalue weighted by Crippen LogP contribution is 2.26. The molecule has 1 aromatic carbocycles. The van der Waals surface area contributed by atoms with Crippen LogP contribution in [0.4, 0.5) is 17.3 Å². The Balaban J connectivity index is 1.92. The Labute approximate surface area is 132 Å². The van der Waals surface area contributed by atoms with Crippen molar-refractivity contribution >= 4 is 17.3 Å². The number of aryl methyl sites for hydroxylation is 2. The summed E-state index contributed by atoms with van der Waals surface area (Å²) in [6, 6.07) is 7.89. The maximum atomic E-state index is 10.8. The number of nitro benzene ring substituents is 1. The third-order valence-electron chi connectivity index (χ3n) is 3.44. The molecule has 0 atom stereocenters. The van der Waals surface area contributed by atoms with Gasteiger partial charge in [-0.2, -0.15) is 0 Å². The standard InChI is InChI=1S/C16H14N5O2/c1-10-9-18-11(2)15(10)14-6-7-17-16(20-14)19-12-4-3-5-13(8-12)21(22)23/h3-9,18H,1-2H3. The predicted octanol–water partition coefficient (Wildman–Crippen LogP) is 3.56. The van der Waals surface area contributed by atoms with Crippen LogP contribution in [0.2, 0.25) is 0 Å². The maximum absolute atomic E-state index is 10.8. The van der Waals surface area contributed by atoms with E-state index in [1.165, 1.54) is 12.1 Å². The Morgan fingerprint density at radius 3 is 2.78 bits per heavy atom. The van der Waals surface area contributed by atoms with Gasteiger partial charge in [0.15, 0.2) is 0 Å². The largest absolute Gasteiger partial charge is 0.364 e.